The number of hydrogen-bond acceptors (Lipinski definition) is 3. The van der Waals surface area contributed by atoms with Crippen molar-refractivity contribution in [2.24, 2.45) is 4.99 Å². The van der Waals surface area contributed by atoms with Gasteiger partial charge >= 0.3 is 0 Å². The van der Waals surface area contributed by atoms with E-state index in [9.17, 15) is 0 Å². The molecule has 0 atom stereocenters. The Bertz CT molecular complexity index is 763. The Hall–Kier alpha value is -1.97. The van der Waals surface area contributed by atoms with Gasteiger partial charge in [-0.15, -0.1) is 0 Å². The highest BCUT2D eigenvalue weighted by Crippen LogP contribution is 2.34. The second-order valence-corrected chi connectivity index (χ2v) is 7.83. The highest BCUT2D eigenvalue weighted by molar-refractivity contribution is 8.39. The van der Waals surface area contributed by atoms with Crippen molar-refractivity contribution in [3.8, 4) is 0 Å². The van der Waals surface area contributed by atoms with Crippen molar-refractivity contribution in [1.82, 2.24) is 0 Å². The van der Waals surface area contributed by atoms with Crippen molar-refractivity contribution in [3.63, 3.8) is 0 Å². The van der Waals surface area contributed by atoms with E-state index in [0.717, 1.165) is 10.1 Å². The first-order valence-corrected chi connectivity index (χ1v) is 9.46. The third-order valence-electron chi connectivity index (χ3n) is 3.54. The molecule has 3 heteroatoms. The highest BCUT2D eigenvalue weighted by Gasteiger charge is 2.08. The molecule has 0 aliphatic rings. The van der Waals surface area contributed by atoms with Gasteiger partial charge in [0.15, 0.2) is 0 Å². The van der Waals surface area contributed by atoms with Crippen LogP contribution in [0.2, 0.25) is 0 Å². The van der Waals surface area contributed by atoms with E-state index in [4.69, 9.17) is 4.99 Å². The second-order valence-electron chi connectivity index (χ2n) is 5.45. The van der Waals surface area contributed by atoms with Crippen molar-refractivity contribution >= 4 is 33.6 Å². The number of hydrogen-bond donors (Lipinski definition) is 0. The predicted octanol–water partition coefficient (Wildman–Crippen LogP) is 6.88. The molecule has 0 bridgehead atoms. The monoisotopic (exact) mass is 349 g/mol. The molecule has 0 aliphatic carbocycles. The quantitative estimate of drug-likeness (QED) is 0.290. The van der Waals surface area contributed by atoms with Crippen LogP contribution in [0.15, 0.2) is 93.6 Å². The average molecular weight is 350 g/mol. The van der Waals surface area contributed by atoms with Gasteiger partial charge in [0.2, 0.25) is 0 Å². The summed E-state index contributed by atoms with van der Waals surface area (Å²) in [4.78, 5) is 7.39. The fraction of sp³-hybridized carbons (Fsp3) is 0.0952. The molecule has 24 heavy (non-hydrogen) atoms. The lowest BCUT2D eigenvalue weighted by Crippen LogP contribution is -1.88. The van der Waals surface area contributed by atoms with E-state index >= 15 is 0 Å². The Kier molecular flexibility index (Phi) is 5.78. The Balaban J connectivity index is 1.96. The number of thioether (sulfide) groups is 2. The first-order chi connectivity index (χ1) is 11.7. The van der Waals surface area contributed by atoms with Gasteiger partial charge in [0, 0.05) is 9.79 Å². The smallest absolute Gasteiger partial charge is 0.140 e. The first kappa shape index (κ1) is 16.9. The predicted molar refractivity (Wildman–Crippen MR) is 108 cm³/mol. The Morgan fingerprint density at radius 2 is 1.08 bits per heavy atom. The summed E-state index contributed by atoms with van der Waals surface area (Å²) in [6.07, 6.45) is 0. The number of rotatable bonds is 3. The number of aliphatic imine (C=N–C) groups is 1. The molecule has 3 aromatic rings. The number of aryl methyl sites for hydroxylation is 2. The summed E-state index contributed by atoms with van der Waals surface area (Å²) in [5.41, 5.74) is 3.48. The fourth-order valence-electron chi connectivity index (χ4n) is 2.32. The topological polar surface area (TPSA) is 12.4 Å². The van der Waals surface area contributed by atoms with E-state index in [2.05, 4.69) is 80.6 Å². The molecule has 3 aromatic carbocycles. The summed E-state index contributed by atoms with van der Waals surface area (Å²) < 4.78 is 1.03. The number of nitrogens with zero attached hydrogens (tertiary/aromatic N) is 1. The van der Waals surface area contributed by atoms with Crippen molar-refractivity contribution < 1.29 is 0 Å². The van der Waals surface area contributed by atoms with Crippen LogP contribution in [-0.2, 0) is 0 Å². The van der Waals surface area contributed by atoms with Crippen molar-refractivity contribution in [2.75, 3.05) is 0 Å². The molecular weight excluding hydrogens is 330 g/mol. The largest absolute Gasteiger partial charge is 0.234 e. The van der Waals surface area contributed by atoms with Crippen LogP contribution in [0.4, 0.5) is 5.69 Å². The van der Waals surface area contributed by atoms with Gasteiger partial charge in [-0.1, -0.05) is 78.1 Å². The van der Waals surface area contributed by atoms with Gasteiger partial charge in [0.05, 0.1) is 5.69 Å². The molecule has 0 amide bonds. The zero-order valence-corrected chi connectivity index (χ0v) is 15.4. The third-order valence-corrected chi connectivity index (χ3v) is 5.59. The summed E-state index contributed by atoms with van der Waals surface area (Å²) in [7, 11) is 0. The number of para-hydroxylation sites is 1. The molecule has 0 saturated heterocycles. The molecule has 0 N–H and O–H groups in total. The molecule has 0 aromatic heterocycles. The zero-order chi connectivity index (χ0) is 16.8. The van der Waals surface area contributed by atoms with Crippen molar-refractivity contribution in [2.45, 2.75) is 23.6 Å². The maximum atomic E-state index is 4.99. The maximum absolute atomic E-state index is 4.99. The molecular formula is C21H19NS2. The lowest BCUT2D eigenvalue weighted by molar-refractivity contribution is 1.33. The summed E-state index contributed by atoms with van der Waals surface area (Å²) >= 11 is 3.42. The molecule has 0 spiro atoms. The maximum Gasteiger partial charge on any atom is 0.140 e. The lowest BCUT2D eigenvalue weighted by atomic mass is 10.1. The van der Waals surface area contributed by atoms with Gasteiger partial charge in [0.1, 0.15) is 4.38 Å². The van der Waals surface area contributed by atoms with Gasteiger partial charge < -0.3 is 0 Å². The van der Waals surface area contributed by atoms with Gasteiger partial charge in [-0.3, -0.25) is 0 Å². The zero-order valence-electron chi connectivity index (χ0n) is 13.8. The van der Waals surface area contributed by atoms with E-state index < -0.39 is 0 Å². The van der Waals surface area contributed by atoms with Crippen LogP contribution in [0, 0.1) is 13.8 Å². The van der Waals surface area contributed by atoms with Crippen LogP contribution in [0.3, 0.4) is 0 Å². The molecule has 120 valence electrons. The van der Waals surface area contributed by atoms with Crippen LogP contribution in [0.5, 0.6) is 0 Å². The van der Waals surface area contributed by atoms with Crippen molar-refractivity contribution in [1.29, 1.82) is 0 Å². The van der Waals surface area contributed by atoms with Crippen LogP contribution < -0.4 is 0 Å². The molecule has 0 heterocycles. The third kappa shape index (κ3) is 4.53. The summed E-state index contributed by atoms with van der Waals surface area (Å²) in [6.45, 7) is 4.23. The Labute approximate surface area is 152 Å². The first-order valence-electron chi connectivity index (χ1n) is 7.83. The molecule has 3 rings (SSSR count). The van der Waals surface area contributed by atoms with E-state index in [1.165, 1.54) is 20.9 Å². The van der Waals surface area contributed by atoms with Gasteiger partial charge in [-0.25, -0.2) is 4.99 Å². The molecule has 0 saturated carbocycles. The van der Waals surface area contributed by atoms with Crippen molar-refractivity contribution in [3.05, 3.63) is 90.0 Å². The van der Waals surface area contributed by atoms with E-state index in [1.807, 2.05) is 12.1 Å². The molecule has 1 nitrogen and oxygen atoms in total. The summed E-state index contributed by atoms with van der Waals surface area (Å²) in [5, 5.41) is 0. The standard InChI is InChI=1S/C21H19NS2/c1-16-10-9-11-17(2)20(16)22-21(23-18-12-5-3-6-13-18)24-19-14-7-4-8-15-19/h3-15H,1-2H3. The molecule has 0 radical (unpaired) electrons. The average Bonchev–Trinajstić information content (AvgIpc) is 2.60. The SMILES string of the molecule is Cc1cccc(C)c1N=C(Sc1ccccc1)Sc1ccccc1. The molecule has 0 fully saturated rings. The Morgan fingerprint density at radius 3 is 1.54 bits per heavy atom. The van der Waals surface area contributed by atoms with Crippen LogP contribution >= 0.6 is 23.5 Å². The van der Waals surface area contributed by atoms with Gasteiger partial charge in [-0.2, -0.15) is 0 Å². The van der Waals surface area contributed by atoms with Crippen LogP contribution in [0.25, 0.3) is 0 Å². The van der Waals surface area contributed by atoms with E-state index in [-0.39, 0.29) is 0 Å². The molecule has 0 aliphatic heterocycles. The number of benzene rings is 3. The minimum atomic E-state index is 1.03. The summed E-state index contributed by atoms with van der Waals surface area (Å²) in [6, 6.07) is 27.1. The fourth-order valence-corrected chi connectivity index (χ4v) is 4.33. The normalized spacial score (nSPS) is 10.4. The highest BCUT2D eigenvalue weighted by atomic mass is 32.2. The minimum Gasteiger partial charge on any atom is -0.234 e. The van der Waals surface area contributed by atoms with E-state index in [0.29, 0.717) is 0 Å². The second kappa shape index (κ2) is 8.22. The van der Waals surface area contributed by atoms with Crippen LogP contribution in [-0.4, -0.2) is 4.38 Å². The van der Waals surface area contributed by atoms with Gasteiger partial charge in [-0.05, 0) is 49.2 Å². The minimum absolute atomic E-state index is 1.03. The lowest BCUT2D eigenvalue weighted by Gasteiger charge is -2.09. The van der Waals surface area contributed by atoms with Crippen LogP contribution in [0.1, 0.15) is 11.1 Å². The molecule has 0 unspecified atom stereocenters. The summed E-state index contributed by atoms with van der Waals surface area (Å²) in [5.74, 6) is 0. The Morgan fingerprint density at radius 1 is 0.625 bits per heavy atom. The van der Waals surface area contributed by atoms with Gasteiger partial charge in [0.25, 0.3) is 0 Å². The van der Waals surface area contributed by atoms with E-state index in [1.54, 1.807) is 23.5 Å².